The highest BCUT2D eigenvalue weighted by Gasteiger charge is 2.45. The molecule has 0 amide bonds. The molecule has 1 atom stereocenters. The summed E-state index contributed by atoms with van der Waals surface area (Å²) in [5.74, 6) is 0.695. The molecule has 1 aromatic carbocycles. The molecule has 0 spiro atoms. The number of guanidine groups is 1. The number of halogens is 2. The Balaban J connectivity index is 0.00000243. The highest BCUT2D eigenvalue weighted by Crippen LogP contribution is 2.48. The molecule has 1 unspecified atom stereocenters. The molecule has 5 nitrogen and oxygen atoms in total. The summed E-state index contributed by atoms with van der Waals surface area (Å²) in [6.45, 7) is 4.83. The number of nitrogens with zero attached hydrogens (tertiary/aromatic N) is 3. The summed E-state index contributed by atoms with van der Waals surface area (Å²) in [4.78, 5) is 9.08. The summed E-state index contributed by atoms with van der Waals surface area (Å²) in [6, 6.07) is 7.60. The monoisotopic (exact) mass is 475 g/mol. The maximum absolute atomic E-state index is 14.1. The van der Waals surface area contributed by atoms with Gasteiger partial charge in [-0.2, -0.15) is 0 Å². The fourth-order valence-corrected chi connectivity index (χ4v) is 3.59. The van der Waals surface area contributed by atoms with Crippen LogP contribution >= 0.6 is 24.0 Å². The fourth-order valence-electron chi connectivity index (χ4n) is 3.59. The van der Waals surface area contributed by atoms with Gasteiger partial charge in [0.25, 0.3) is 0 Å². The van der Waals surface area contributed by atoms with Crippen LogP contribution in [0.5, 0.6) is 0 Å². The summed E-state index contributed by atoms with van der Waals surface area (Å²) in [5.41, 5.74) is 0.747. The van der Waals surface area contributed by atoms with Gasteiger partial charge in [-0.05, 0) is 38.6 Å². The Bertz CT molecular complexity index is 620. The minimum atomic E-state index is -0.100. The van der Waals surface area contributed by atoms with E-state index in [1.165, 1.54) is 0 Å². The molecule has 7 heteroatoms. The number of hydrogen-bond donors (Lipinski definition) is 2. The van der Waals surface area contributed by atoms with Crippen LogP contribution in [0.2, 0.25) is 0 Å². The normalized spacial score (nSPS) is 23.2. The van der Waals surface area contributed by atoms with Crippen molar-refractivity contribution >= 4 is 29.9 Å². The predicted octanol–water partition coefficient (Wildman–Crippen LogP) is 1.89. The van der Waals surface area contributed by atoms with Gasteiger partial charge in [0.1, 0.15) is 5.82 Å². The SMILES string of the molecule is CN=C(NCC1CN(C)CCN1C)NCC1(c2ccccc2F)CC1.I. The standard InChI is InChI=1S/C19H30FN5.HI/c1-21-18(22-12-15-13-24(2)10-11-25(15)3)23-14-19(8-9-19)16-6-4-5-7-17(16)20;/h4-7,15H,8-14H2,1-3H3,(H2,21,22,23);1H. The molecule has 2 N–H and O–H groups in total. The Morgan fingerprint density at radius 2 is 1.96 bits per heavy atom. The molecule has 0 bridgehead atoms. The van der Waals surface area contributed by atoms with Gasteiger partial charge in [0.15, 0.2) is 5.96 Å². The van der Waals surface area contributed by atoms with Gasteiger partial charge < -0.3 is 15.5 Å². The molecule has 0 aromatic heterocycles. The number of rotatable bonds is 5. The molecule has 2 aliphatic rings. The second-order valence-corrected chi connectivity index (χ2v) is 7.46. The molecule has 1 saturated carbocycles. The first-order chi connectivity index (χ1) is 12.0. The van der Waals surface area contributed by atoms with Crippen LogP contribution < -0.4 is 10.6 Å². The summed E-state index contributed by atoms with van der Waals surface area (Å²) in [6.07, 6.45) is 2.04. The lowest BCUT2D eigenvalue weighted by molar-refractivity contribution is 0.116. The number of aliphatic imine (C=N–C) groups is 1. The number of nitrogens with one attached hydrogen (secondary N) is 2. The Hall–Kier alpha value is -0.930. The van der Waals surface area contributed by atoms with Crippen molar-refractivity contribution in [2.75, 3.05) is 53.9 Å². The van der Waals surface area contributed by atoms with Gasteiger partial charge in [-0.3, -0.25) is 9.89 Å². The number of likely N-dealkylation sites (N-methyl/N-ethyl adjacent to an activating group) is 2. The van der Waals surface area contributed by atoms with E-state index < -0.39 is 0 Å². The van der Waals surface area contributed by atoms with Crippen LogP contribution in [0, 0.1) is 5.82 Å². The molecular formula is C19H31FIN5. The molecule has 3 rings (SSSR count). The smallest absolute Gasteiger partial charge is 0.191 e. The van der Waals surface area contributed by atoms with E-state index in [1.54, 1.807) is 19.2 Å². The van der Waals surface area contributed by atoms with Crippen LogP contribution in [0.1, 0.15) is 18.4 Å². The molecule has 1 saturated heterocycles. The molecule has 0 radical (unpaired) electrons. The van der Waals surface area contributed by atoms with Gasteiger partial charge in [0.05, 0.1) is 0 Å². The first-order valence-corrected chi connectivity index (χ1v) is 9.12. The van der Waals surface area contributed by atoms with Crippen molar-refractivity contribution in [3.63, 3.8) is 0 Å². The molecule has 1 heterocycles. The van der Waals surface area contributed by atoms with Crippen LogP contribution in [0.3, 0.4) is 0 Å². The maximum atomic E-state index is 14.1. The van der Waals surface area contributed by atoms with Crippen molar-refractivity contribution in [1.82, 2.24) is 20.4 Å². The van der Waals surface area contributed by atoms with Gasteiger partial charge in [-0.1, -0.05) is 18.2 Å². The van der Waals surface area contributed by atoms with Crippen LogP contribution in [-0.4, -0.2) is 75.7 Å². The van der Waals surface area contributed by atoms with Crippen LogP contribution in [0.4, 0.5) is 4.39 Å². The van der Waals surface area contributed by atoms with E-state index in [0.29, 0.717) is 12.6 Å². The van der Waals surface area contributed by atoms with Crippen molar-refractivity contribution < 1.29 is 4.39 Å². The predicted molar refractivity (Wildman–Crippen MR) is 116 cm³/mol. The third-order valence-corrected chi connectivity index (χ3v) is 5.60. The van der Waals surface area contributed by atoms with Crippen LogP contribution in [0.15, 0.2) is 29.3 Å². The lowest BCUT2D eigenvalue weighted by atomic mass is 9.95. The second-order valence-electron chi connectivity index (χ2n) is 7.46. The lowest BCUT2D eigenvalue weighted by Crippen LogP contribution is -2.55. The van der Waals surface area contributed by atoms with Gasteiger partial charge in [-0.25, -0.2) is 4.39 Å². The van der Waals surface area contributed by atoms with Crippen molar-refractivity contribution in [3.05, 3.63) is 35.6 Å². The van der Waals surface area contributed by atoms with E-state index in [0.717, 1.165) is 50.5 Å². The second kappa shape index (κ2) is 9.32. The highest BCUT2D eigenvalue weighted by molar-refractivity contribution is 14.0. The van der Waals surface area contributed by atoms with Gasteiger partial charge in [0.2, 0.25) is 0 Å². The first-order valence-electron chi connectivity index (χ1n) is 9.12. The average Bonchev–Trinajstić information content (AvgIpc) is 3.39. The van der Waals surface area contributed by atoms with Crippen LogP contribution in [0.25, 0.3) is 0 Å². The van der Waals surface area contributed by atoms with Gasteiger partial charge in [-0.15, -0.1) is 24.0 Å². The molecule has 1 aromatic rings. The summed E-state index contributed by atoms with van der Waals surface area (Å²) in [5, 5.41) is 6.84. The summed E-state index contributed by atoms with van der Waals surface area (Å²) >= 11 is 0. The Labute approximate surface area is 173 Å². The van der Waals surface area contributed by atoms with E-state index >= 15 is 0 Å². The van der Waals surface area contributed by atoms with E-state index in [2.05, 4.69) is 39.5 Å². The first kappa shape index (κ1) is 21.4. The number of piperazine rings is 1. The zero-order valence-corrected chi connectivity index (χ0v) is 18.3. The summed E-state index contributed by atoms with van der Waals surface area (Å²) < 4.78 is 14.1. The molecule has 1 aliphatic heterocycles. The van der Waals surface area contributed by atoms with E-state index in [-0.39, 0.29) is 35.2 Å². The van der Waals surface area contributed by atoms with Crippen molar-refractivity contribution in [1.29, 1.82) is 0 Å². The van der Waals surface area contributed by atoms with Crippen LogP contribution in [-0.2, 0) is 5.41 Å². The Morgan fingerprint density at radius 3 is 2.62 bits per heavy atom. The zero-order valence-electron chi connectivity index (χ0n) is 16.0. The molecule has 1 aliphatic carbocycles. The Kier molecular flexibility index (Phi) is 7.66. The molecule has 146 valence electrons. The van der Waals surface area contributed by atoms with Crippen molar-refractivity contribution in [2.24, 2.45) is 4.99 Å². The molecule has 2 fully saturated rings. The fraction of sp³-hybridized carbons (Fsp3) is 0.632. The van der Waals surface area contributed by atoms with E-state index in [4.69, 9.17) is 0 Å². The van der Waals surface area contributed by atoms with E-state index in [1.807, 2.05) is 12.1 Å². The average molecular weight is 475 g/mol. The number of benzene rings is 1. The highest BCUT2D eigenvalue weighted by atomic mass is 127. The Morgan fingerprint density at radius 1 is 1.23 bits per heavy atom. The lowest BCUT2D eigenvalue weighted by Gasteiger charge is -2.38. The zero-order chi connectivity index (χ0) is 17.9. The minimum absolute atomic E-state index is 0. The maximum Gasteiger partial charge on any atom is 0.191 e. The molecular weight excluding hydrogens is 444 g/mol. The largest absolute Gasteiger partial charge is 0.356 e. The van der Waals surface area contributed by atoms with E-state index in [9.17, 15) is 4.39 Å². The topological polar surface area (TPSA) is 42.9 Å². The van der Waals surface area contributed by atoms with Crippen molar-refractivity contribution in [2.45, 2.75) is 24.3 Å². The third-order valence-electron chi connectivity index (χ3n) is 5.60. The summed E-state index contributed by atoms with van der Waals surface area (Å²) in [7, 11) is 6.12. The third kappa shape index (κ3) is 5.07. The van der Waals surface area contributed by atoms with Crippen molar-refractivity contribution in [3.8, 4) is 0 Å². The molecule has 26 heavy (non-hydrogen) atoms. The van der Waals surface area contributed by atoms with Gasteiger partial charge >= 0.3 is 0 Å². The number of hydrogen-bond acceptors (Lipinski definition) is 3. The van der Waals surface area contributed by atoms with Gasteiger partial charge in [0, 0.05) is 51.2 Å². The quantitative estimate of drug-likeness (QED) is 0.388. The minimum Gasteiger partial charge on any atom is -0.356 e.